The first kappa shape index (κ1) is 17.7. The molecule has 4 rings (SSSR count). The van der Waals surface area contributed by atoms with E-state index in [-0.39, 0.29) is 17.6 Å². The molecule has 2 aliphatic heterocycles. The first-order valence-electron chi connectivity index (χ1n) is 9.53. The Morgan fingerprint density at radius 1 is 1.00 bits per heavy atom. The summed E-state index contributed by atoms with van der Waals surface area (Å²) < 4.78 is 6.97. The number of amides is 1. The zero-order chi connectivity index (χ0) is 18.6. The first-order valence-corrected chi connectivity index (χ1v) is 9.53. The van der Waals surface area contributed by atoms with Crippen LogP contribution in [-0.2, 0) is 9.53 Å². The Hall–Kier alpha value is -2.67. The van der Waals surface area contributed by atoms with Crippen molar-refractivity contribution in [1.29, 1.82) is 0 Å². The van der Waals surface area contributed by atoms with Crippen LogP contribution in [0.5, 0.6) is 0 Å². The molecule has 0 spiro atoms. The highest BCUT2D eigenvalue weighted by molar-refractivity contribution is 5.81. The van der Waals surface area contributed by atoms with Gasteiger partial charge < -0.3 is 14.5 Å². The number of carbonyl (C=O) groups is 1. The van der Waals surface area contributed by atoms with Gasteiger partial charge >= 0.3 is 0 Å². The van der Waals surface area contributed by atoms with Crippen molar-refractivity contribution in [2.45, 2.75) is 25.4 Å². The minimum absolute atomic E-state index is 0.108. The highest BCUT2D eigenvalue weighted by Gasteiger charge is 2.29. The van der Waals surface area contributed by atoms with Crippen LogP contribution in [0.15, 0.2) is 47.3 Å². The molecule has 1 aromatic carbocycles. The lowest BCUT2D eigenvalue weighted by molar-refractivity contribution is -0.140. The monoisotopic (exact) mass is 368 g/mol. The van der Waals surface area contributed by atoms with Crippen molar-refractivity contribution < 1.29 is 9.53 Å². The predicted molar refractivity (Wildman–Crippen MR) is 102 cm³/mol. The standard InChI is InChI=1S/C20H24N4O3/c25-19-10-9-18(21-24(19)16-6-2-1-3-7-16)22-11-5-12-23(14-13-22)20(26)17-8-4-15-27-17/h1-3,6-7,9-10,17H,4-5,8,11-15H2/t17-/m0/s1. The second-order valence-electron chi connectivity index (χ2n) is 6.94. The van der Waals surface area contributed by atoms with Gasteiger partial charge in [-0.2, -0.15) is 4.68 Å². The van der Waals surface area contributed by atoms with Crippen LogP contribution in [0.2, 0.25) is 0 Å². The maximum absolute atomic E-state index is 12.6. The average Bonchev–Trinajstić information content (AvgIpc) is 3.13. The third kappa shape index (κ3) is 3.88. The van der Waals surface area contributed by atoms with E-state index in [0.717, 1.165) is 43.9 Å². The minimum atomic E-state index is -0.269. The topological polar surface area (TPSA) is 67.7 Å². The van der Waals surface area contributed by atoms with Crippen LogP contribution in [0.1, 0.15) is 19.3 Å². The quantitative estimate of drug-likeness (QED) is 0.820. The van der Waals surface area contributed by atoms with Crippen LogP contribution < -0.4 is 10.5 Å². The van der Waals surface area contributed by atoms with Crippen molar-refractivity contribution in [2.75, 3.05) is 37.7 Å². The molecule has 0 radical (unpaired) electrons. The van der Waals surface area contributed by atoms with Gasteiger partial charge in [-0.05, 0) is 37.5 Å². The molecule has 0 aliphatic carbocycles. The molecule has 2 aromatic rings. The third-order valence-corrected chi connectivity index (χ3v) is 5.12. The van der Waals surface area contributed by atoms with Crippen molar-refractivity contribution in [3.63, 3.8) is 0 Å². The zero-order valence-electron chi connectivity index (χ0n) is 15.3. The Kier molecular flexibility index (Phi) is 5.20. The normalized spacial score (nSPS) is 20.5. The van der Waals surface area contributed by atoms with Gasteiger partial charge in [0.15, 0.2) is 0 Å². The SMILES string of the molecule is O=C([C@@H]1CCCO1)N1CCCN(c2ccc(=O)n(-c3ccccc3)n2)CC1. The molecule has 0 N–H and O–H groups in total. The summed E-state index contributed by atoms with van der Waals surface area (Å²) in [5.74, 6) is 0.862. The van der Waals surface area contributed by atoms with E-state index in [1.54, 1.807) is 12.1 Å². The Bertz CT molecular complexity index is 846. The second kappa shape index (κ2) is 7.92. The number of para-hydroxylation sites is 1. The number of carbonyl (C=O) groups excluding carboxylic acids is 1. The van der Waals surface area contributed by atoms with Crippen molar-refractivity contribution in [3.05, 3.63) is 52.8 Å². The Morgan fingerprint density at radius 3 is 2.63 bits per heavy atom. The average molecular weight is 368 g/mol. The van der Waals surface area contributed by atoms with Gasteiger partial charge in [-0.1, -0.05) is 18.2 Å². The van der Waals surface area contributed by atoms with Crippen molar-refractivity contribution >= 4 is 11.7 Å². The molecular weight excluding hydrogens is 344 g/mol. The number of ether oxygens (including phenoxy) is 1. The molecule has 142 valence electrons. The fourth-order valence-corrected chi connectivity index (χ4v) is 3.67. The number of nitrogens with zero attached hydrogens (tertiary/aromatic N) is 4. The molecule has 0 bridgehead atoms. The molecule has 0 saturated carbocycles. The van der Waals surface area contributed by atoms with Gasteiger partial charge in [-0.3, -0.25) is 9.59 Å². The van der Waals surface area contributed by atoms with E-state index in [9.17, 15) is 9.59 Å². The van der Waals surface area contributed by atoms with Gasteiger partial charge in [-0.15, -0.1) is 5.10 Å². The lowest BCUT2D eigenvalue weighted by atomic mass is 10.2. The van der Waals surface area contributed by atoms with E-state index in [1.807, 2.05) is 35.2 Å². The van der Waals surface area contributed by atoms with E-state index in [1.165, 1.54) is 4.68 Å². The van der Waals surface area contributed by atoms with Crippen LogP contribution in [0, 0.1) is 0 Å². The number of rotatable bonds is 3. The third-order valence-electron chi connectivity index (χ3n) is 5.12. The Balaban J connectivity index is 1.49. The molecular formula is C20H24N4O3. The molecule has 7 heteroatoms. The zero-order valence-corrected chi connectivity index (χ0v) is 15.3. The summed E-state index contributed by atoms with van der Waals surface area (Å²) in [6.07, 6.45) is 2.38. The number of anilines is 1. The van der Waals surface area contributed by atoms with Crippen molar-refractivity contribution in [1.82, 2.24) is 14.7 Å². The summed E-state index contributed by atoms with van der Waals surface area (Å²) >= 11 is 0. The number of hydrogen-bond acceptors (Lipinski definition) is 5. The van der Waals surface area contributed by atoms with E-state index in [4.69, 9.17) is 4.74 Å². The van der Waals surface area contributed by atoms with Crippen LogP contribution in [0.4, 0.5) is 5.82 Å². The lowest BCUT2D eigenvalue weighted by Crippen LogP contribution is -2.41. The lowest BCUT2D eigenvalue weighted by Gasteiger charge is -2.24. The van der Waals surface area contributed by atoms with Gasteiger partial charge in [0, 0.05) is 38.9 Å². The highest BCUT2D eigenvalue weighted by atomic mass is 16.5. The largest absolute Gasteiger partial charge is 0.368 e. The summed E-state index contributed by atoms with van der Waals surface area (Å²) in [6, 6.07) is 12.7. The molecule has 2 aliphatic rings. The van der Waals surface area contributed by atoms with Gasteiger partial charge in [0.05, 0.1) is 5.69 Å². The van der Waals surface area contributed by atoms with Crippen LogP contribution in [0.25, 0.3) is 5.69 Å². The van der Waals surface area contributed by atoms with Crippen LogP contribution in [-0.4, -0.2) is 59.5 Å². The van der Waals surface area contributed by atoms with Gasteiger partial charge in [0.25, 0.3) is 11.5 Å². The van der Waals surface area contributed by atoms with Crippen molar-refractivity contribution in [2.24, 2.45) is 0 Å². The molecule has 0 unspecified atom stereocenters. The fraction of sp³-hybridized carbons (Fsp3) is 0.450. The van der Waals surface area contributed by atoms with E-state index < -0.39 is 0 Å². The summed E-state index contributed by atoms with van der Waals surface area (Å²) in [6.45, 7) is 3.55. The molecule has 1 atom stereocenters. The maximum Gasteiger partial charge on any atom is 0.271 e. The van der Waals surface area contributed by atoms with Crippen LogP contribution in [0.3, 0.4) is 0 Å². The van der Waals surface area contributed by atoms with Gasteiger partial charge in [0.1, 0.15) is 11.9 Å². The Labute approximate surface area is 158 Å². The van der Waals surface area contributed by atoms with E-state index in [0.29, 0.717) is 19.7 Å². The summed E-state index contributed by atoms with van der Waals surface area (Å²) in [7, 11) is 0. The number of benzene rings is 1. The maximum atomic E-state index is 12.6. The molecule has 27 heavy (non-hydrogen) atoms. The molecule has 2 saturated heterocycles. The molecule has 7 nitrogen and oxygen atoms in total. The Morgan fingerprint density at radius 2 is 1.85 bits per heavy atom. The van der Waals surface area contributed by atoms with Gasteiger partial charge in [0.2, 0.25) is 0 Å². The van der Waals surface area contributed by atoms with E-state index >= 15 is 0 Å². The highest BCUT2D eigenvalue weighted by Crippen LogP contribution is 2.18. The predicted octanol–water partition coefficient (Wildman–Crippen LogP) is 1.45. The van der Waals surface area contributed by atoms with Crippen LogP contribution >= 0.6 is 0 Å². The number of hydrogen-bond donors (Lipinski definition) is 0. The fourth-order valence-electron chi connectivity index (χ4n) is 3.67. The molecule has 1 aromatic heterocycles. The smallest absolute Gasteiger partial charge is 0.271 e. The summed E-state index contributed by atoms with van der Waals surface area (Å²) in [5, 5.41) is 4.56. The minimum Gasteiger partial charge on any atom is -0.368 e. The summed E-state index contributed by atoms with van der Waals surface area (Å²) in [4.78, 5) is 28.9. The first-order chi connectivity index (χ1) is 13.2. The number of aromatic nitrogens is 2. The molecule has 3 heterocycles. The summed E-state index contributed by atoms with van der Waals surface area (Å²) in [5.41, 5.74) is 0.587. The second-order valence-corrected chi connectivity index (χ2v) is 6.94. The molecule has 1 amide bonds. The van der Waals surface area contributed by atoms with Gasteiger partial charge in [-0.25, -0.2) is 0 Å². The van der Waals surface area contributed by atoms with E-state index in [2.05, 4.69) is 10.00 Å². The van der Waals surface area contributed by atoms with Crippen molar-refractivity contribution in [3.8, 4) is 5.69 Å². The molecule has 2 fully saturated rings.